The minimum atomic E-state index is -0.693. The lowest BCUT2D eigenvalue weighted by molar-refractivity contribution is -0.279. The number of benzene rings is 3. The molecule has 0 aromatic heterocycles. The molecule has 6 nitrogen and oxygen atoms in total. The molecule has 2 aliphatic heterocycles. The standard InChI is InChI=1S/C29H29IO6/c30-25-24-27(34-18-22-14-8-3-9-15-22)26(33-17-21-12-6-2-7-13-21)23(35-29(24)36-28(25)31)19-32-16-20-10-4-1-5-11-20/h1-15,23-27,29H,16-19H2/t23-,24-,25+,26-,27-,29-/m1/s1. The molecule has 3 aromatic rings. The van der Waals surface area contributed by atoms with Crippen molar-refractivity contribution in [3.63, 3.8) is 0 Å². The second-order valence-corrected chi connectivity index (χ2v) is 10.3. The van der Waals surface area contributed by atoms with Gasteiger partial charge in [0.1, 0.15) is 16.1 Å². The average Bonchev–Trinajstić information content (AvgIpc) is 3.21. The van der Waals surface area contributed by atoms with Crippen LogP contribution in [0.25, 0.3) is 0 Å². The fraction of sp³-hybridized carbons (Fsp3) is 0.345. The Balaban J connectivity index is 1.36. The second-order valence-electron chi connectivity index (χ2n) is 8.98. The largest absolute Gasteiger partial charge is 0.434 e. The van der Waals surface area contributed by atoms with Gasteiger partial charge in [-0.25, -0.2) is 0 Å². The maximum absolute atomic E-state index is 12.5. The van der Waals surface area contributed by atoms with Crippen molar-refractivity contribution >= 4 is 28.6 Å². The molecule has 0 amide bonds. The van der Waals surface area contributed by atoms with Gasteiger partial charge in [0, 0.05) is 0 Å². The molecule has 2 saturated heterocycles. The first kappa shape index (κ1) is 25.4. The molecule has 36 heavy (non-hydrogen) atoms. The number of hydrogen-bond donors (Lipinski definition) is 0. The van der Waals surface area contributed by atoms with E-state index in [1.807, 2.05) is 91.0 Å². The summed E-state index contributed by atoms with van der Waals surface area (Å²) in [5, 5.41) is 0. The predicted octanol–water partition coefficient (Wildman–Crippen LogP) is 5.08. The molecule has 7 heteroatoms. The summed E-state index contributed by atoms with van der Waals surface area (Å²) >= 11 is 2.13. The fourth-order valence-electron chi connectivity index (χ4n) is 4.62. The normalized spacial score (nSPS) is 27.4. The van der Waals surface area contributed by atoms with E-state index in [-0.39, 0.29) is 22.4 Å². The van der Waals surface area contributed by atoms with E-state index in [9.17, 15) is 4.79 Å². The molecule has 0 N–H and O–H groups in total. The molecule has 3 aromatic carbocycles. The molecule has 0 saturated carbocycles. The third kappa shape index (κ3) is 6.15. The summed E-state index contributed by atoms with van der Waals surface area (Å²) in [6.45, 7) is 1.53. The number of carbonyl (C=O) groups excluding carboxylic acids is 1. The SMILES string of the molecule is O=C1O[C@H]2O[C@H](COCc3ccccc3)[C@@H](OCc3ccccc3)[C@H](OCc3ccccc3)[C@H]2[C@@H]1I. The van der Waals surface area contributed by atoms with E-state index in [0.717, 1.165) is 16.7 Å². The van der Waals surface area contributed by atoms with E-state index in [2.05, 4.69) is 22.6 Å². The van der Waals surface area contributed by atoms with Crippen LogP contribution in [0.2, 0.25) is 0 Å². The Hall–Kier alpha value is -2.30. The Labute approximate surface area is 225 Å². The van der Waals surface area contributed by atoms with E-state index in [1.54, 1.807) is 0 Å². The highest BCUT2D eigenvalue weighted by atomic mass is 127. The molecule has 0 bridgehead atoms. The molecule has 0 aliphatic carbocycles. The van der Waals surface area contributed by atoms with Gasteiger partial charge in [0.2, 0.25) is 6.29 Å². The maximum Gasteiger partial charge on any atom is 0.321 e. The second kappa shape index (κ2) is 12.3. The van der Waals surface area contributed by atoms with Crippen LogP contribution in [0.4, 0.5) is 0 Å². The highest BCUT2D eigenvalue weighted by Crippen LogP contribution is 2.41. The van der Waals surface area contributed by atoms with Crippen LogP contribution in [0.3, 0.4) is 0 Å². The minimum absolute atomic E-state index is 0.284. The van der Waals surface area contributed by atoms with E-state index in [1.165, 1.54) is 0 Å². The highest BCUT2D eigenvalue weighted by molar-refractivity contribution is 14.1. The fourth-order valence-corrected chi connectivity index (χ4v) is 5.51. The van der Waals surface area contributed by atoms with Crippen molar-refractivity contribution in [2.24, 2.45) is 5.92 Å². The third-order valence-corrected chi connectivity index (χ3v) is 7.79. The van der Waals surface area contributed by atoms with Gasteiger partial charge in [0.25, 0.3) is 0 Å². The van der Waals surface area contributed by atoms with E-state index < -0.39 is 24.6 Å². The summed E-state index contributed by atoms with van der Waals surface area (Å²) in [5.74, 6) is -0.570. The molecule has 5 rings (SSSR count). The number of fused-ring (bicyclic) bond motifs is 1. The molecule has 0 radical (unpaired) electrons. The molecular formula is C29H29IO6. The van der Waals surface area contributed by atoms with Gasteiger partial charge in [-0.1, -0.05) is 114 Å². The molecule has 2 aliphatic rings. The summed E-state index contributed by atoms with van der Waals surface area (Å²) in [4.78, 5) is 12.5. The zero-order valence-corrected chi connectivity index (χ0v) is 21.9. The van der Waals surface area contributed by atoms with Crippen molar-refractivity contribution in [2.45, 2.75) is 48.3 Å². The zero-order valence-electron chi connectivity index (χ0n) is 19.8. The first-order valence-electron chi connectivity index (χ1n) is 12.1. The molecule has 6 atom stereocenters. The van der Waals surface area contributed by atoms with Gasteiger partial charge >= 0.3 is 5.97 Å². The van der Waals surface area contributed by atoms with Crippen LogP contribution < -0.4 is 0 Å². The summed E-state index contributed by atoms with van der Waals surface area (Å²) in [6, 6.07) is 30.0. The Bertz CT molecular complexity index is 1100. The van der Waals surface area contributed by atoms with Crippen molar-refractivity contribution in [3.05, 3.63) is 108 Å². The molecule has 188 valence electrons. The number of halogens is 1. The van der Waals surface area contributed by atoms with Crippen molar-refractivity contribution in [1.29, 1.82) is 0 Å². The van der Waals surface area contributed by atoms with E-state index >= 15 is 0 Å². The van der Waals surface area contributed by atoms with Gasteiger partial charge in [0.15, 0.2) is 0 Å². The number of alkyl halides is 1. The maximum atomic E-state index is 12.5. The zero-order chi connectivity index (χ0) is 24.7. The Morgan fingerprint density at radius 3 is 1.75 bits per heavy atom. The first-order chi connectivity index (χ1) is 17.7. The Morgan fingerprint density at radius 1 is 0.694 bits per heavy atom. The lowest BCUT2D eigenvalue weighted by Gasteiger charge is -2.43. The summed E-state index contributed by atoms with van der Waals surface area (Å²) in [5.41, 5.74) is 3.18. The van der Waals surface area contributed by atoms with Crippen molar-refractivity contribution in [3.8, 4) is 0 Å². The monoisotopic (exact) mass is 600 g/mol. The van der Waals surface area contributed by atoms with Gasteiger partial charge in [-0.3, -0.25) is 4.79 Å². The summed E-state index contributed by atoms with van der Waals surface area (Å²) in [6.07, 6.45) is -2.01. The number of ether oxygens (including phenoxy) is 5. The van der Waals surface area contributed by atoms with Gasteiger partial charge < -0.3 is 23.7 Å². The van der Waals surface area contributed by atoms with Gasteiger partial charge in [-0.05, 0) is 16.7 Å². The van der Waals surface area contributed by atoms with Crippen LogP contribution in [0, 0.1) is 5.92 Å². The number of esters is 1. The van der Waals surface area contributed by atoms with Gasteiger partial charge in [0.05, 0.1) is 38.4 Å². The van der Waals surface area contributed by atoms with Crippen LogP contribution in [0.15, 0.2) is 91.0 Å². The van der Waals surface area contributed by atoms with Gasteiger partial charge in [-0.2, -0.15) is 0 Å². The van der Waals surface area contributed by atoms with Crippen LogP contribution >= 0.6 is 22.6 Å². The van der Waals surface area contributed by atoms with Crippen LogP contribution in [0.1, 0.15) is 16.7 Å². The van der Waals surface area contributed by atoms with Crippen molar-refractivity contribution < 1.29 is 28.5 Å². The Kier molecular flexibility index (Phi) is 8.66. The lowest BCUT2D eigenvalue weighted by atomic mass is 9.89. The minimum Gasteiger partial charge on any atom is -0.434 e. The quantitative estimate of drug-likeness (QED) is 0.184. The molecule has 2 fully saturated rings. The molecule has 0 spiro atoms. The number of hydrogen-bond acceptors (Lipinski definition) is 6. The third-order valence-electron chi connectivity index (χ3n) is 6.45. The summed E-state index contributed by atoms with van der Waals surface area (Å²) in [7, 11) is 0. The summed E-state index contributed by atoms with van der Waals surface area (Å²) < 4.78 is 30.5. The molecular weight excluding hydrogens is 571 g/mol. The van der Waals surface area contributed by atoms with Crippen LogP contribution in [0.5, 0.6) is 0 Å². The van der Waals surface area contributed by atoms with Crippen molar-refractivity contribution in [2.75, 3.05) is 6.61 Å². The number of carbonyl (C=O) groups is 1. The lowest BCUT2D eigenvalue weighted by Crippen LogP contribution is -2.58. The van der Waals surface area contributed by atoms with Crippen molar-refractivity contribution in [1.82, 2.24) is 0 Å². The number of rotatable bonds is 10. The van der Waals surface area contributed by atoms with Crippen LogP contribution in [-0.4, -0.2) is 41.1 Å². The average molecular weight is 600 g/mol. The smallest absolute Gasteiger partial charge is 0.321 e. The topological polar surface area (TPSA) is 63.2 Å². The van der Waals surface area contributed by atoms with Gasteiger partial charge in [-0.15, -0.1) is 0 Å². The first-order valence-corrected chi connectivity index (χ1v) is 13.4. The van der Waals surface area contributed by atoms with E-state index in [0.29, 0.717) is 19.8 Å². The predicted molar refractivity (Wildman–Crippen MR) is 142 cm³/mol. The molecule has 2 heterocycles. The van der Waals surface area contributed by atoms with E-state index in [4.69, 9.17) is 23.7 Å². The molecule has 0 unspecified atom stereocenters. The highest BCUT2D eigenvalue weighted by Gasteiger charge is 2.57. The van der Waals surface area contributed by atoms with Crippen LogP contribution in [-0.2, 0) is 48.3 Å². The Morgan fingerprint density at radius 2 is 1.19 bits per heavy atom.